The van der Waals surface area contributed by atoms with Gasteiger partial charge in [-0.05, 0) is 31.9 Å². The molecule has 0 spiro atoms. The Labute approximate surface area is 212 Å². The van der Waals surface area contributed by atoms with E-state index >= 15 is 0 Å². The van der Waals surface area contributed by atoms with Gasteiger partial charge in [0.2, 0.25) is 6.79 Å². The Hall–Kier alpha value is -3.62. The number of pyridine rings is 1. The Morgan fingerprint density at radius 2 is 1.67 bits per heavy atom. The molecule has 0 saturated carbocycles. The Morgan fingerprint density at radius 3 is 2.28 bits per heavy atom. The van der Waals surface area contributed by atoms with E-state index in [9.17, 15) is 14.4 Å². The van der Waals surface area contributed by atoms with Crippen LogP contribution in [-0.2, 0) is 19.1 Å². The summed E-state index contributed by atoms with van der Waals surface area (Å²) in [5.74, 6) is -1.24. The fourth-order valence-corrected chi connectivity index (χ4v) is 3.47. The molecule has 0 radical (unpaired) electrons. The monoisotopic (exact) mass is 501 g/mol. The second-order valence-electron chi connectivity index (χ2n) is 8.63. The van der Waals surface area contributed by atoms with Crippen LogP contribution in [0, 0.1) is 11.8 Å². The highest BCUT2D eigenvalue weighted by Crippen LogP contribution is 2.31. The third kappa shape index (κ3) is 8.55. The van der Waals surface area contributed by atoms with Crippen molar-refractivity contribution in [2.75, 3.05) is 13.4 Å². The van der Waals surface area contributed by atoms with Crippen molar-refractivity contribution in [3.8, 4) is 17.2 Å². The molecule has 196 valence electrons. The van der Waals surface area contributed by atoms with Crippen molar-refractivity contribution in [1.82, 2.24) is 4.98 Å². The number of carbonyl (C=O) groups excluding carboxylic acids is 3. The van der Waals surface area contributed by atoms with Crippen molar-refractivity contribution in [3.05, 3.63) is 48.3 Å². The maximum absolute atomic E-state index is 13.1. The molecule has 36 heavy (non-hydrogen) atoms. The van der Waals surface area contributed by atoms with Crippen LogP contribution < -0.4 is 14.2 Å². The summed E-state index contributed by atoms with van der Waals surface area (Å²) >= 11 is 0. The number of Topliss-reactive ketones (excluding diaryl/α,β-unsaturated/α-hetero) is 1. The number of ether oxygens (including phenoxy) is 5. The summed E-state index contributed by atoms with van der Waals surface area (Å²) in [4.78, 5) is 41.2. The smallest absolute Gasteiger partial charge is 0.309 e. The standard InChI is InChI=1S/C27H35NO8/c1-7-32-23-13-14-28-24(26(23)34-16-33-20(6)29)22(30)15-18(4)27(31)36-25(17(2)3)19(5)35-21-11-9-8-10-12-21/h8-14,17-19,25H,7,15-16H2,1-6H3/t18-,19+,25-/m1/s1. The van der Waals surface area contributed by atoms with Gasteiger partial charge in [0, 0.05) is 25.6 Å². The Morgan fingerprint density at radius 1 is 0.972 bits per heavy atom. The van der Waals surface area contributed by atoms with Gasteiger partial charge in [-0.2, -0.15) is 0 Å². The zero-order chi connectivity index (χ0) is 26.7. The lowest BCUT2D eigenvalue weighted by atomic mass is 10.00. The van der Waals surface area contributed by atoms with Gasteiger partial charge in [-0.1, -0.05) is 39.0 Å². The molecule has 0 bridgehead atoms. The molecule has 1 heterocycles. The molecule has 0 saturated heterocycles. The lowest BCUT2D eigenvalue weighted by Gasteiger charge is -2.29. The van der Waals surface area contributed by atoms with Crippen LogP contribution in [0.2, 0.25) is 0 Å². The Balaban J connectivity index is 2.10. The summed E-state index contributed by atoms with van der Waals surface area (Å²) in [5.41, 5.74) is -0.0195. The molecule has 1 aromatic carbocycles. The lowest BCUT2D eigenvalue weighted by molar-refractivity contribution is -0.161. The van der Waals surface area contributed by atoms with E-state index in [-0.39, 0.29) is 29.5 Å². The number of nitrogens with zero attached hydrogens (tertiary/aromatic N) is 1. The third-order valence-electron chi connectivity index (χ3n) is 5.23. The van der Waals surface area contributed by atoms with Gasteiger partial charge < -0.3 is 23.7 Å². The quantitative estimate of drug-likeness (QED) is 0.208. The molecule has 0 aliphatic heterocycles. The number of aromatic nitrogens is 1. The average Bonchev–Trinajstić information content (AvgIpc) is 2.83. The van der Waals surface area contributed by atoms with Gasteiger partial charge >= 0.3 is 11.9 Å². The highest BCUT2D eigenvalue weighted by molar-refractivity contribution is 5.99. The second kappa shape index (κ2) is 14.1. The number of benzene rings is 1. The number of ketones is 1. The van der Waals surface area contributed by atoms with E-state index in [1.165, 1.54) is 13.1 Å². The van der Waals surface area contributed by atoms with Gasteiger partial charge in [0.1, 0.15) is 18.0 Å². The van der Waals surface area contributed by atoms with E-state index in [1.807, 2.05) is 51.1 Å². The minimum absolute atomic E-state index is 0.0126. The number of hydrogen-bond donors (Lipinski definition) is 0. The molecule has 0 unspecified atom stereocenters. The van der Waals surface area contributed by atoms with E-state index in [0.29, 0.717) is 12.4 Å². The van der Waals surface area contributed by atoms with Crippen LogP contribution in [0.4, 0.5) is 0 Å². The van der Waals surface area contributed by atoms with Crippen molar-refractivity contribution >= 4 is 17.7 Å². The highest BCUT2D eigenvalue weighted by atomic mass is 16.7. The van der Waals surface area contributed by atoms with Gasteiger partial charge in [0.15, 0.2) is 23.0 Å². The predicted octanol–water partition coefficient (Wildman–Crippen LogP) is 4.62. The van der Waals surface area contributed by atoms with E-state index < -0.39 is 42.6 Å². The number of para-hydroxylation sites is 1. The first-order valence-electron chi connectivity index (χ1n) is 12.0. The first-order valence-corrected chi connectivity index (χ1v) is 12.0. The molecule has 3 atom stereocenters. The Bertz CT molecular complexity index is 1010. The van der Waals surface area contributed by atoms with Gasteiger partial charge in [0.05, 0.1) is 12.5 Å². The first kappa shape index (κ1) is 28.6. The third-order valence-corrected chi connectivity index (χ3v) is 5.23. The summed E-state index contributed by atoms with van der Waals surface area (Å²) in [6, 6.07) is 10.8. The number of rotatable bonds is 14. The number of esters is 2. The zero-order valence-corrected chi connectivity index (χ0v) is 21.7. The average molecular weight is 502 g/mol. The van der Waals surface area contributed by atoms with Crippen LogP contribution in [0.15, 0.2) is 42.6 Å². The molecule has 9 nitrogen and oxygen atoms in total. The van der Waals surface area contributed by atoms with Crippen LogP contribution in [-0.4, -0.2) is 48.3 Å². The molecule has 0 aliphatic carbocycles. The Kier molecular flexibility index (Phi) is 11.2. The van der Waals surface area contributed by atoms with Crippen LogP contribution in [0.1, 0.15) is 58.5 Å². The summed E-state index contributed by atoms with van der Waals surface area (Å²) in [6.45, 7) is 10.3. The molecule has 0 amide bonds. The minimum atomic E-state index is -0.749. The molecule has 0 aliphatic rings. The SMILES string of the molecule is CCOc1ccnc(C(=O)C[C@@H](C)C(=O)O[C@H](C(C)C)[C@H](C)Oc2ccccc2)c1OCOC(C)=O. The fourth-order valence-electron chi connectivity index (χ4n) is 3.47. The molecular formula is C27H35NO8. The molecule has 0 N–H and O–H groups in total. The van der Waals surface area contributed by atoms with E-state index in [1.54, 1.807) is 19.9 Å². The molecular weight excluding hydrogens is 466 g/mol. The van der Waals surface area contributed by atoms with Crippen LogP contribution >= 0.6 is 0 Å². The fraction of sp³-hybridized carbons (Fsp3) is 0.481. The summed E-state index contributed by atoms with van der Waals surface area (Å²) in [7, 11) is 0. The van der Waals surface area contributed by atoms with Crippen LogP contribution in [0.25, 0.3) is 0 Å². The van der Waals surface area contributed by atoms with Gasteiger partial charge in [-0.3, -0.25) is 14.4 Å². The molecule has 2 rings (SSSR count). The van der Waals surface area contributed by atoms with Gasteiger partial charge in [0.25, 0.3) is 0 Å². The molecule has 0 fully saturated rings. The molecule has 1 aromatic heterocycles. The molecule has 2 aromatic rings. The molecule has 9 heteroatoms. The number of carbonyl (C=O) groups is 3. The van der Waals surface area contributed by atoms with E-state index in [4.69, 9.17) is 23.7 Å². The van der Waals surface area contributed by atoms with Crippen molar-refractivity contribution in [1.29, 1.82) is 0 Å². The van der Waals surface area contributed by atoms with Crippen molar-refractivity contribution < 1.29 is 38.1 Å². The summed E-state index contributed by atoms with van der Waals surface area (Å²) in [5, 5.41) is 0. The normalized spacial score (nSPS) is 13.3. The van der Waals surface area contributed by atoms with Gasteiger partial charge in [-0.25, -0.2) is 4.98 Å². The van der Waals surface area contributed by atoms with E-state index in [2.05, 4.69) is 4.98 Å². The maximum atomic E-state index is 13.1. The van der Waals surface area contributed by atoms with E-state index in [0.717, 1.165) is 0 Å². The minimum Gasteiger partial charge on any atom is -0.490 e. The van der Waals surface area contributed by atoms with Crippen LogP contribution in [0.5, 0.6) is 17.2 Å². The predicted molar refractivity (Wildman–Crippen MR) is 132 cm³/mol. The van der Waals surface area contributed by atoms with Gasteiger partial charge in [-0.15, -0.1) is 0 Å². The van der Waals surface area contributed by atoms with Crippen LogP contribution in [0.3, 0.4) is 0 Å². The maximum Gasteiger partial charge on any atom is 0.309 e. The highest BCUT2D eigenvalue weighted by Gasteiger charge is 2.30. The largest absolute Gasteiger partial charge is 0.490 e. The second-order valence-corrected chi connectivity index (χ2v) is 8.63. The number of hydrogen-bond acceptors (Lipinski definition) is 9. The summed E-state index contributed by atoms with van der Waals surface area (Å²) < 4.78 is 27.6. The lowest BCUT2D eigenvalue weighted by Crippen LogP contribution is -2.39. The topological polar surface area (TPSA) is 110 Å². The zero-order valence-electron chi connectivity index (χ0n) is 21.7. The van der Waals surface area contributed by atoms with Crippen molar-refractivity contribution in [3.63, 3.8) is 0 Å². The first-order chi connectivity index (χ1) is 17.1. The van der Waals surface area contributed by atoms with Crippen molar-refractivity contribution in [2.45, 2.75) is 60.2 Å². The summed E-state index contributed by atoms with van der Waals surface area (Å²) in [6.07, 6.45) is 0.337. The van der Waals surface area contributed by atoms with Crippen molar-refractivity contribution in [2.24, 2.45) is 11.8 Å².